The van der Waals surface area contributed by atoms with E-state index in [1.807, 2.05) is 6.20 Å². The molecule has 2 heterocycles. The highest BCUT2D eigenvalue weighted by molar-refractivity contribution is 7.90. The van der Waals surface area contributed by atoms with E-state index in [1.165, 1.54) is 0 Å². The van der Waals surface area contributed by atoms with Gasteiger partial charge in [-0.25, -0.2) is 13.4 Å². The molecule has 0 aliphatic rings. The molecule has 0 saturated heterocycles. The summed E-state index contributed by atoms with van der Waals surface area (Å²) in [6.07, 6.45) is 0.339. The number of pyridine rings is 1. The van der Waals surface area contributed by atoms with Crippen LogP contribution in [0, 0.1) is 0 Å². The third-order valence-electron chi connectivity index (χ3n) is 5.79. The van der Waals surface area contributed by atoms with Crippen LogP contribution in [0.15, 0.2) is 72.0 Å². The largest absolute Gasteiger partial charge is 0.482 e. The second kappa shape index (κ2) is 10.4. The molecule has 3 N–H and O–H groups in total. The topological polar surface area (TPSA) is 129 Å². The molecule has 0 unspecified atom stereocenters. The Hall–Kier alpha value is -4.39. The molecule has 0 saturated carbocycles. The van der Waals surface area contributed by atoms with Gasteiger partial charge in [0.1, 0.15) is 6.10 Å². The van der Waals surface area contributed by atoms with E-state index in [9.17, 15) is 26.4 Å². The minimum absolute atomic E-state index is 0.183. The van der Waals surface area contributed by atoms with Gasteiger partial charge >= 0.3 is 6.18 Å². The molecule has 9 nitrogen and oxygen atoms in total. The highest BCUT2D eigenvalue weighted by Crippen LogP contribution is 2.35. The first-order valence-electron chi connectivity index (χ1n) is 11.5. The van der Waals surface area contributed by atoms with Crippen molar-refractivity contribution in [3.63, 3.8) is 0 Å². The molecule has 4 rings (SSSR count). The Morgan fingerprint density at radius 1 is 1.10 bits per heavy atom. The number of aryl methyl sites for hydroxylation is 1. The Labute approximate surface area is 222 Å². The maximum Gasteiger partial charge on any atom is 0.417 e. The van der Waals surface area contributed by atoms with Gasteiger partial charge in [0.15, 0.2) is 21.4 Å². The maximum atomic E-state index is 13.3. The van der Waals surface area contributed by atoms with Gasteiger partial charge in [0.05, 0.1) is 16.7 Å². The first-order valence-corrected chi connectivity index (χ1v) is 13.4. The van der Waals surface area contributed by atoms with Crippen LogP contribution in [0.25, 0.3) is 11.1 Å². The Balaban J connectivity index is 1.54. The molecule has 0 bridgehead atoms. The van der Waals surface area contributed by atoms with Crippen LogP contribution in [0.4, 0.5) is 24.7 Å². The molecule has 0 fully saturated rings. The molecule has 1 amide bonds. The number of rotatable bonds is 7. The number of amides is 1. The van der Waals surface area contributed by atoms with Crippen molar-refractivity contribution in [3.8, 4) is 16.9 Å². The number of alkyl halides is 3. The lowest BCUT2D eigenvalue weighted by Crippen LogP contribution is -2.17. The average Bonchev–Trinajstić information content (AvgIpc) is 3.30. The minimum Gasteiger partial charge on any atom is -0.482 e. The third-order valence-corrected chi connectivity index (χ3v) is 6.92. The van der Waals surface area contributed by atoms with Crippen LogP contribution in [0.1, 0.15) is 34.5 Å². The van der Waals surface area contributed by atoms with Crippen LogP contribution < -0.4 is 15.8 Å². The van der Waals surface area contributed by atoms with Crippen molar-refractivity contribution in [2.24, 2.45) is 7.05 Å². The zero-order valence-corrected chi connectivity index (χ0v) is 21.8. The molecular weight excluding hydrogens is 535 g/mol. The first kappa shape index (κ1) is 27.6. The average molecular weight is 560 g/mol. The summed E-state index contributed by atoms with van der Waals surface area (Å²) in [7, 11) is -2.46. The van der Waals surface area contributed by atoms with Gasteiger partial charge in [-0.05, 0) is 48.9 Å². The Morgan fingerprint density at radius 2 is 1.85 bits per heavy atom. The molecule has 4 aromatic rings. The van der Waals surface area contributed by atoms with Gasteiger partial charge in [0, 0.05) is 48.1 Å². The van der Waals surface area contributed by atoms with Gasteiger partial charge in [0.2, 0.25) is 0 Å². The van der Waals surface area contributed by atoms with E-state index in [4.69, 9.17) is 10.5 Å². The standard InChI is InChI=1S/C26H24F3N5O4S/c1-15(38-22-10-18(12-31-24(22)30)19-13-32-34(2)14-19)16-5-4-6-20(9-16)33-25(35)17-7-8-21(26(27,28)29)23(11-17)39(3,36)37/h4-15H,1-3H3,(H2,30,31)(H,33,35)/t15-/m1/s1. The third kappa shape index (κ3) is 6.37. The van der Waals surface area contributed by atoms with Crippen molar-refractivity contribution in [2.75, 3.05) is 17.3 Å². The number of nitrogens with two attached hydrogens (primary N) is 1. The van der Waals surface area contributed by atoms with E-state index in [0.717, 1.165) is 17.2 Å². The number of carbonyl (C=O) groups is 1. The van der Waals surface area contributed by atoms with Crippen molar-refractivity contribution in [1.29, 1.82) is 0 Å². The molecular formula is C26H24F3N5O4S. The SMILES string of the molecule is C[C@@H](Oc1cc(-c2cnn(C)c2)cnc1N)c1cccc(NC(=O)c2ccc(C(F)(F)F)c(S(C)(=O)=O)c2)c1. The Morgan fingerprint density at radius 3 is 2.49 bits per heavy atom. The fourth-order valence-electron chi connectivity index (χ4n) is 3.81. The van der Waals surface area contributed by atoms with Crippen molar-refractivity contribution in [2.45, 2.75) is 24.1 Å². The number of benzene rings is 2. The summed E-state index contributed by atoms with van der Waals surface area (Å²) < 4.78 is 71.5. The normalized spacial score (nSPS) is 12.7. The van der Waals surface area contributed by atoms with Gasteiger partial charge < -0.3 is 15.8 Å². The van der Waals surface area contributed by atoms with E-state index in [0.29, 0.717) is 35.4 Å². The number of anilines is 2. The van der Waals surface area contributed by atoms with Crippen molar-refractivity contribution < 1.29 is 31.1 Å². The summed E-state index contributed by atoms with van der Waals surface area (Å²) in [6, 6.07) is 10.6. The van der Waals surface area contributed by atoms with E-state index in [1.54, 1.807) is 61.4 Å². The van der Waals surface area contributed by atoms with Crippen molar-refractivity contribution in [1.82, 2.24) is 14.8 Å². The van der Waals surface area contributed by atoms with Crippen LogP contribution in [0.2, 0.25) is 0 Å². The van der Waals surface area contributed by atoms with Crippen LogP contribution in [-0.2, 0) is 23.1 Å². The lowest BCUT2D eigenvalue weighted by Gasteiger charge is -2.18. The van der Waals surface area contributed by atoms with Crippen molar-refractivity contribution in [3.05, 3.63) is 83.8 Å². The van der Waals surface area contributed by atoms with Gasteiger partial charge in [-0.2, -0.15) is 18.3 Å². The number of sulfone groups is 1. The number of aromatic nitrogens is 3. The van der Waals surface area contributed by atoms with Crippen LogP contribution in [0.5, 0.6) is 5.75 Å². The number of nitrogens with zero attached hydrogens (tertiary/aromatic N) is 3. The smallest absolute Gasteiger partial charge is 0.417 e. The number of carbonyl (C=O) groups excluding carboxylic acids is 1. The quantitative estimate of drug-likeness (QED) is 0.330. The molecule has 0 spiro atoms. The lowest BCUT2D eigenvalue weighted by atomic mass is 10.1. The number of nitrogen functional groups attached to an aromatic ring is 1. The second-order valence-electron chi connectivity index (χ2n) is 8.83. The zero-order valence-electron chi connectivity index (χ0n) is 21.0. The van der Waals surface area contributed by atoms with E-state index in [2.05, 4.69) is 15.4 Å². The summed E-state index contributed by atoms with van der Waals surface area (Å²) in [5.41, 5.74) is 6.99. The molecule has 0 aliphatic carbocycles. The van der Waals surface area contributed by atoms with Gasteiger partial charge in [-0.15, -0.1) is 0 Å². The lowest BCUT2D eigenvalue weighted by molar-refractivity contribution is -0.139. The van der Waals surface area contributed by atoms with Crippen LogP contribution >= 0.6 is 0 Å². The molecule has 13 heteroatoms. The number of hydrogen-bond donors (Lipinski definition) is 2. The zero-order chi connectivity index (χ0) is 28.5. The Bertz CT molecular complexity index is 1650. The summed E-state index contributed by atoms with van der Waals surface area (Å²) >= 11 is 0. The highest BCUT2D eigenvalue weighted by atomic mass is 32.2. The summed E-state index contributed by atoms with van der Waals surface area (Å²) in [5.74, 6) is -0.253. The number of nitrogens with one attached hydrogen (secondary N) is 1. The number of halogens is 3. The molecule has 0 aliphatic heterocycles. The van der Waals surface area contributed by atoms with Crippen LogP contribution in [-0.4, -0.2) is 35.3 Å². The molecule has 204 valence electrons. The molecule has 1 atom stereocenters. The number of ether oxygens (including phenoxy) is 1. The minimum atomic E-state index is -4.89. The molecule has 39 heavy (non-hydrogen) atoms. The van der Waals surface area contributed by atoms with Gasteiger partial charge in [-0.3, -0.25) is 9.48 Å². The predicted molar refractivity (Wildman–Crippen MR) is 139 cm³/mol. The number of hydrogen-bond acceptors (Lipinski definition) is 7. The van der Waals surface area contributed by atoms with Crippen LogP contribution in [0.3, 0.4) is 0 Å². The van der Waals surface area contributed by atoms with Crippen molar-refractivity contribution >= 4 is 27.2 Å². The highest BCUT2D eigenvalue weighted by Gasteiger charge is 2.36. The Kier molecular flexibility index (Phi) is 7.37. The first-order chi connectivity index (χ1) is 18.2. The van der Waals surface area contributed by atoms with E-state index >= 15 is 0 Å². The summed E-state index contributed by atoms with van der Waals surface area (Å²) in [6.45, 7) is 1.77. The molecule has 2 aromatic heterocycles. The molecule has 2 aromatic carbocycles. The fourth-order valence-corrected chi connectivity index (χ4v) is 4.74. The maximum absolute atomic E-state index is 13.3. The summed E-state index contributed by atoms with van der Waals surface area (Å²) in [5, 5.41) is 6.72. The second-order valence-corrected chi connectivity index (χ2v) is 10.8. The van der Waals surface area contributed by atoms with Gasteiger partial charge in [0.25, 0.3) is 5.91 Å². The van der Waals surface area contributed by atoms with Gasteiger partial charge in [-0.1, -0.05) is 12.1 Å². The monoisotopic (exact) mass is 559 g/mol. The fraction of sp³-hybridized carbons (Fsp3) is 0.192. The molecule has 0 radical (unpaired) electrons. The summed E-state index contributed by atoms with van der Waals surface area (Å²) in [4.78, 5) is 16.0. The predicted octanol–water partition coefficient (Wildman–Crippen LogP) is 4.88. The van der Waals surface area contributed by atoms with E-state index in [-0.39, 0.29) is 11.4 Å². The van der Waals surface area contributed by atoms with E-state index < -0.39 is 38.5 Å².